The predicted molar refractivity (Wildman–Crippen MR) is 99.6 cm³/mol. The third kappa shape index (κ3) is 3.27. The highest BCUT2D eigenvalue weighted by Gasteiger charge is 2.27. The Morgan fingerprint density at radius 3 is 2.92 bits per heavy atom. The summed E-state index contributed by atoms with van der Waals surface area (Å²) >= 11 is 5.90. The van der Waals surface area contributed by atoms with Crippen LogP contribution in [-0.2, 0) is 24.3 Å². The first-order valence-corrected chi connectivity index (χ1v) is 9.11. The number of aromatic nitrogens is 2. The van der Waals surface area contributed by atoms with Gasteiger partial charge in [0.05, 0.1) is 6.04 Å². The van der Waals surface area contributed by atoms with E-state index in [9.17, 15) is 4.79 Å². The molecule has 1 aliphatic rings. The fourth-order valence-electron chi connectivity index (χ4n) is 3.63. The molecule has 1 amide bonds. The normalized spacial score (nSPS) is 16.6. The largest absolute Gasteiger partial charge is 0.333 e. The van der Waals surface area contributed by atoms with Crippen LogP contribution in [0.5, 0.6) is 0 Å². The van der Waals surface area contributed by atoms with Gasteiger partial charge < -0.3 is 9.47 Å². The molecule has 0 saturated heterocycles. The number of aryl methyl sites for hydroxylation is 1. The van der Waals surface area contributed by atoms with Crippen molar-refractivity contribution in [2.75, 3.05) is 5.88 Å². The van der Waals surface area contributed by atoms with Gasteiger partial charge in [0.2, 0.25) is 5.91 Å². The number of carbonyl (C=O) groups excluding carboxylic acids is 1. The molecule has 0 aliphatic carbocycles. The first-order chi connectivity index (χ1) is 12.2. The van der Waals surface area contributed by atoms with Crippen LogP contribution in [0.3, 0.4) is 0 Å². The number of carbonyl (C=O) groups is 1. The fraction of sp³-hybridized carbons (Fsp3) is 0.300. The van der Waals surface area contributed by atoms with E-state index >= 15 is 0 Å². The molecule has 1 aromatic heterocycles. The Labute approximate surface area is 152 Å². The van der Waals surface area contributed by atoms with Gasteiger partial charge in [-0.25, -0.2) is 4.98 Å². The van der Waals surface area contributed by atoms with Gasteiger partial charge in [0, 0.05) is 31.9 Å². The second-order valence-corrected chi connectivity index (χ2v) is 6.79. The molecule has 3 aromatic rings. The molecular weight excluding hydrogens is 334 g/mol. The molecule has 1 atom stereocenters. The third-order valence-electron chi connectivity index (χ3n) is 4.95. The van der Waals surface area contributed by atoms with Crippen molar-refractivity contribution in [3.8, 4) is 0 Å². The first-order valence-electron chi connectivity index (χ1n) is 8.58. The van der Waals surface area contributed by atoms with Gasteiger partial charge in [-0.15, -0.1) is 11.6 Å². The van der Waals surface area contributed by atoms with E-state index in [-0.39, 0.29) is 17.8 Å². The van der Waals surface area contributed by atoms with Crippen LogP contribution in [0.25, 0.3) is 10.8 Å². The Hall–Kier alpha value is -2.33. The standard InChI is InChI=1S/C20H20ClN3O/c21-12-20(25)24(18-7-8-19-22-9-10-23(19)14-18)13-15-5-6-16-3-1-2-4-17(16)11-15/h1-6,9-11,18H,7-8,12-14H2. The maximum Gasteiger partial charge on any atom is 0.238 e. The summed E-state index contributed by atoms with van der Waals surface area (Å²) in [7, 11) is 0. The summed E-state index contributed by atoms with van der Waals surface area (Å²) in [5.74, 6) is 1.10. The number of amides is 1. The number of alkyl halides is 1. The molecule has 2 heterocycles. The van der Waals surface area contributed by atoms with Crippen molar-refractivity contribution in [2.45, 2.75) is 32.0 Å². The highest BCUT2D eigenvalue weighted by Crippen LogP contribution is 2.22. The zero-order valence-corrected chi connectivity index (χ0v) is 14.7. The molecule has 0 fully saturated rings. The lowest BCUT2D eigenvalue weighted by Crippen LogP contribution is -2.45. The van der Waals surface area contributed by atoms with Gasteiger partial charge in [-0.05, 0) is 28.8 Å². The molecule has 2 aromatic carbocycles. The minimum atomic E-state index is -0.0107. The lowest BCUT2D eigenvalue weighted by molar-refractivity contribution is -0.132. The first kappa shape index (κ1) is 16.2. The predicted octanol–water partition coefficient (Wildman–Crippen LogP) is 3.62. The summed E-state index contributed by atoms with van der Waals surface area (Å²) < 4.78 is 2.14. The van der Waals surface area contributed by atoms with Crippen LogP contribution in [0, 0.1) is 0 Å². The van der Waals surface area contributed by atoms with Crippen molar-refractivity contribution in [1.82, 2.24) is 14.5 Å². The second-order valence-electron chi connectivity index (χ2n) is 6.53. The molecule has 0 saturated carbocycles. The minimum Gasteiger partial charge on any atom is -0.333 e. The number of fused-ring (bicyclic) bond motifs is 2. The van der Waals surface area contributed by atoms with Gasteiger partial charge in [-0.1, -0.05) is 36.4 Å². The van der Waals surface area contributed by atoms with E-state index in [1.807, 2.05) is 29.4 Å². The van der Waals surface area contributed by atoms with Gasteiger partial charge in [-0.2, -0.15) is 0 Å². The van der Waals surface area contributed by atoms with E-state index in [1.165, 1.54) is 10.8 Å². The van der Waals surface area contributed by atoms with Crippen molar-refractivity contribution in [3.05, 3.63) is 66.2 Å². The minimum absolute atomic E-state index is 0.0107. The van der Waals surface area contributed by atoms with E-state index in [2.05, 4.69) is 39.9 Å². The van der Waals surface area contributed by atoms with Gasteiger partial charge in [0.1, 0.15) is 11.7 Å². The topological polar surface area (TPSA) is 38.1 Å². The summed E-state index contributed by atoms with van der Waals surface area (Å²) in [4.78, 5) is 18.8. The maximum atomic E-state index is 12.5. The van der Waals surface area contributed by atoms with E-state index in [1.54, 1.807) is 0 Å². The molecule has 0 spiro atoms. The molecule has 1 aliphatic heterocycles. The highest BCUT2D eigenvalue weighted by molar-refractivity contribution is 6.27. The molecule has 128 valence electrons. The van der Waals surface area contributed by atoms with Crippen molar-refractivity contribution >= 4 is 28.3 Å². The Kier molecular flexibility index (Phi) is 4.45. The zero-order chi connectivity index (χ0) is 17.2. The molecule has 5 heteroatoms. The summed E-state index contributed by atoms with van der Waals surface area (Å²) in [5, 5.41) is 2.40. The molecule has 1 unspecified atom stereocenters. The van der Waals surface area contributed by atoms with Crippen molar-refractivity contribution in [2.24, 2.45) is 0 Å². The van der Waals surface area contributed by atoms with Crippen LogP contribution >= 0.6 is 11.6 Å². The van der Waals surface area contributed by atoms with E-state index < -0.39 is 0 Å². The SMILES string of the molecule is O=C(CCl)N(Cc1ccc2ccccc2c1)C1CCc2nccn2C1. The molecule has 0 radical (unpaired) electrons. The van der Waals surface area contributed by atoms with E-state index in [4.69, 9.17) is 11.6 Å². The van der Waals surface area contributed by atoms with Gasteiger partial charge >= 0.3 is 0 Å². The number of rotatable bonds is 4. The number of benzene rings is 2. The smallest absolute Gasteiger partial charge is 0.238 e. The number of halogens is 1. The summed E-state index contributed by atoms with van der Waals surface area (Å²) in [5.41, 5.74) is 1.13. The Bertz CT molecular complexity index is 905. The number of imidazole rings is 1. The Morgan fingerprint density at radius 2 is 2.08 bits per heavy atom. The summed E-state index contributed by atoms with van der Waals surface area (Å²) in [6, 6.07) is 14.8. The number of hydrogen-bond donors (Lipinski definition) is 0. The van der Waals surface area contributed by atoms with E-state index in [0.717, 1.165) is 30.8 Å². The van der Waals surface area contributed by atoms with Crippen LogP contribution in [-0.4, -0.2) is 32.3 Å². The van der Waals surface area contributed by atoms with Gasteiger partial charge in [0.25, 0.3) is 0 Å². The maximum absolute atomic E-state index is 12.5. The van der Waals surface area contributed by atoms with Gasteiger partial charge in [0.15, 0.2) is 0 Å². The highest BCUT2D eigenvalue weighted by atomic mass is 35.5. The van der Waals surface area contributed by atoms with Crippen LogP contribution in [0.1, 0.15) is 17.8 Å². The lowest BCUT2D eigenvalue weighted by Gasteiger charge is -2.34. The molecular formula is C20H20ClN3O. The van der Waals surface area contributed by atoms with Crippen molar-refractivity contribution < 1.29 is 4.79 Å². The molecule has 4 nitrogen and oxygen atoms in total. The quantitative estimate of drug-likeness (QED) is 0.672. The van der Waals surface area contributed by atoms with Crippen molar-refractivity contribution in [1.29, 1.82) is 0 Å². The zero-order valence-electron chi connectivity index (χ0n) is 13.9. The Balaban J connectivity index is 1.59. The third-order valence-corrected chi connectivity index (χ3v) is 5.18. The second kappa shape index (κ2) is 6.89. The summed E-state index contributed by atoms with van der Waals surface area (Å²) in [6.45, 7) is 1.37. The van der Waals surface area contributed by atoms with Crippen molar-refractivity contribution in [3.63, 3.8) is 0 Å². The van der Waals surface area contributed by atoms with E-state index in [0.29, 0.717) is 6.54 Å². The molecule has 4 rings (SSSR count). The van der Waals surface area contributed by atoms with Gasteiger partial charge in [-0.3, -0.25) is 4.79 Å². The molecule has 25 heavy (non-hydrogen) atoms. The number of nitrogens with zero attached hydrogens (tertiary/aromatic N) is 3. The molecule has 0 bridgehead atoms. The average Bonchev–Trinajstić information content (AvgIpc) is 3.13. The fourth-order valence-corrected chi connectivity index (χ4v) is 3.79. The average molecular weight is 354 g/mol. The van der Waals surface area contributed by atoms with Crippen LogP contribution in [0.15, 0.2) is 54.9 Å². The van der Waals surface area contributed by atoms with Crippen LogP contribution in [0.4, 0.5) is 0 Å². The summed E-state index contributed by atoms with van der Waals surface area (Å²) in [6.07, 6.45) is 5.63. The number of hydrogen-bond acceptors (Lipinski definition) is 2. The Morgan fingerprint density at radius 1 is 1.24 bits per heavy atom. The van der Waals surface area contributed by atoms with Crippen LogP contribution < -0.4 is 0 Å². The monoisotopic (exact) mass is 353 g/mol. The van der Waals surface area contributed by atoms with Crippen LogP contribution in [0.2, 0.25) is 0 Å². The molecule has 0 N–H and O–H groups in total. The lowest BCUT2D eigenvalue weighted by atomic mass is 10.0.